The number of hydrogen-bond donors (Lipinski definition) is 1. The van der Waals surface area contributed by atoms with Crippen LogP contribution in [0.25, 0.3) is 0 Å². The number of carbonyl (C=O) groups excluding carboxylic acids is 2. The molecule has 1 aliphatic rings. The maximum absolute atomic E-state index is 12.8. The van der Waals surface area contributed by atoms with Crippen molar-refractivity contribution < 1.29 is 9.59 Å². The topological polar surface area (TPSA) is 49.4 Å². The summed E-state index contributed by atoms with van der Waals surface area (Å²) in [6, 6.07) is 6.19. The average molecular weight is 337 g/mol. The van der Waals surface area contributed by atoms with Gasteiger partial charge in [0.15, 0.2) is 0 Å². The summed E-state index contributed by atoms with van der Waals surface area (Å²) >= 11 is 5.84. The minimum Gasteiger partial charge on any atom is -0.341 e. The van der Waals surface area contributed by atoms with E-state index in [0.717, 1.165) is 25.9 Å². The Morgan fingerprint density at radius 1 is 1.17 bits per heavy atom. The minimum absolute atomic E-state index is 0.0224. The molecule has 126 valence electrons. The van der Waals surface area contributed by atoms with Gasteiger partial charge in [-0.05, 0) is 48.9 Å². The molecule has 1 atom stereocenters. The van der Waals surface area contributed by atoms with Crippen LogP contribution in [-0.4, -0.2) is 35.8 Å². The van der Waals surface area contributed by atoms with Gasteiger partial charge in [0.05, 0.1) is 0 Å². The summed E-state index contributed by atoms with van der Waals surface area (Å²) in [6.45, 7) is 7.68. The molecule has 2 rings (SSSR count). The zero-order valence-electron chi connectivity index (χ0n) is 14.0. The highest BCUT2D eigenvalue weighted by atomic mass is 35.5. The summed E-state index contributed by atoms with van der Waals surface area (Å²) in [6.07, 6.45) is 2.06. The molecular formula is C18H25ClN2O2. The van der Waals surface area contributed by atoms with Gasteiger partial charge in [0.1, 0.15) is 6.04 Å². The highest BCUT2D eigenvalue weighted by Gasteiger charge is 2.30. The third-order valence-electron chi connectivity index (χ3n) is 4.42. The summed E-state index contributed by atoms with van der Waals surface area (Å²) in [4.78, 5) is 27.0. The molecular weight excluding hydrogens is 312 g/mol. The summed E-state index contributed by atoms with van der Waals surface area (Å²) < 4.78 is 0. The van der Waals surface area contributed by atoms with Gasteiger partial charge in [-0.2, -0.15) is 0 Å². The summed E-state index contributed by atoms with van der Waals surface area (Å²) in [5, 5.41) is 3.47. The lowest BCUT2D eigenvalue weighted by Gasteiger charge is -2.34. The highest BCUT2D eigenvalue weighted by molar-refractivity contribution is 6.30. The number of halogens is 1. The van der Waals surface area contributed by atoms with Crippen LogP contribution in [0.15, 0.2) is 24.3 Å². The first-order chi connectivity index (χ1) is 10.9. The molecule has 1 fully saturated rings. The second-order valence-corrected chi connectivity index (χ2v) is 7.15. The van der Waals surface area contributed by atoms with Crippen molar-refractivity contribution in [3.05, 3.63) is 34.9 Å². The van der Waals surface area contributed by atoms with Gasteiger partial charge in [-0.25, -0.2) is 0 Å². The maximum atomic E-state index is 12.8. The van der Waals surface area contributed by atoms with Crippen molar-refractivity contribution >= 4 is 23.4 Å². The number of nitrogens with zero attached hydrogens (tertiary/aromatic N) is 1. The maximum Gasteiger partial charge on any atom is 0.251 e. The Bertz CT molecular complexity index is 549. The van der Waals surface area contributed by atoms with E-state index in [2.05, 4.69) is 12.2 Å². The molecule has 2 amide bonds. The third kappa shape index (κ3) is 4.71. The van der Waals surface area contributed by atoms with Gasteiger partial charge in [-0.3, -0.25) is 9.59 Å². The second-order valence-electron chi connectivity index (χ2n) is 6.71. The van der Waals surface area contributed by atoms with Crippen molar-refractivity contribution in [2.24, 2.45) is 11.8 Å². The van der Waals surface area contributed by atoms with Gasteiger partial charge in [-0.1, -0.05) is 32.4 Å². The standard InChI is InChI=1S/C18H25ClN2O2/c1-12(2)16(18(23)21-10-8-13(3)9-11-21)20-17(22)14-4-6-15(19)7-5-14/h4-7,12-13,16H,8-11H2,1-3H3,(H,20,22)/t16-/m0/s1. The van der Waals surface area contributed by atoms with E-state index >= 15 is 0 Å². The van der Waals surface area contributed by atoms with E-state index in [9.17, 15) is 9.59 Å². The van der Waals surface area contributed by atoms with Crippen LogP contribution >= 0.6 is 11.6 Å². The van der Waals surface area contributed by atoms with Crippen LogP contribution in [0.4, 0.5) is 0 Å². The lowest BCUT2D eigenvalue weighted by atomic mass is 9.96. The van der Waals surface area contributed by atoms with Crippen LogP contribution in [0.2, 0.25) is 5.02 Å². The fraction of sp³-hybridized carbons (Fsp3) is 0.556. The zero-order valence-corrected chi connectivity index (χ0v) is 14.8. The number of nitrogens with one attached hydrogen (secondary N) is 1. The zero-order chi connectivity index (χ0) is 17.0. The van der Waals surface area contributed by atoms with Gasteiger partial charge in [0, 0.05) is 23.7 Å². The van der Waals surface area contributed by atoms with Crippen LogP contribution in [0.1, 0.15) is 44.0 Å². The van der Waals surface area contributed by atoms with Crippen molar-refractivity contribution in [1.82, 2.24) is 10.2 Å². The Morgan fingerprint density at radius 2 is 1.74 bits per heavy atom. The van der Waals surface area contributed by atoms with Crippen molar-refractivity contribution in [2.75, 3.05) is 13.1 Å². The molecule has 1 aliphatic heterocycles. The smallest absolute Gasteiger partial charge is 0.251 e. The molecule has 1 aromatic carbocycles. The van der Waals surface area contributed by atoms with Crippen LogP contribution < -0.4 is 5.32 Å². The van der Waals surface area contributed by atoms with Crippen LogP contribution in [-0.2, 0) is 4.79 Å². The molecule has 0 radical (unpaired) electrons. The molecule has 23 heavy (non-hydrogen) atoms. The van der Waals surface area contributed by atoms with Gasteiger partial charge in [0.25, 0.3) is 5.91 Å². The summed E-state index contributed by atoms with van der Waals surface area (Å²) in [5.41, 5.74) is 0.514. The number of benzene rings is 1. The Morgan fingerprint density at radius 3 is 2.26 bits per heavy atom. The fourth-order valence-corrected chi connectivity index (χ4v) is 2.89. The Kier molecular flexibility index (Phi) is 6.05. The molecule has 0 unspecified atom stereocenters. The van der Waals surface area contributed by atoms with E-state index in [0.29, 0.717) is 16.5 Å². The lowest BCUT2D eigenvalue weighted by Crippen LogP contribution is -2.52. The Hall–Kier alpha value is -1.55. The van der Waals surface area contributed by atoms with Crippen molar-refractivity contribution in [3.63, 3.8) is 0 Å². The van der Waals surface area contributed by atoms with E-state index < -0.39 is 6.04 Å². The van der Waals surface area contributed by atoms with Gasteiger partial charge < -0.3 is 10.2 Å². The first-order valence-corrected chi connectivity index (χ1v) is 8.61. The van der Waals surface area contributed by atoms with Gasteiger partial charge >= 0.3 is 0 Å². The SMILES string of the molecule is CC1CCN(C(=O)[C@@H](NC(=O)c2ccc(Cl)cc2)C(C)C)CC1. The Balaban J connectivity index is 2.04. The van der Waals surface area contributed by atoms with E-state index in [1.807, 2.05) is 18.7 Å². The molecule has 0 aromatic heterocycles. The molecule has 1 N–H and O–H groups in total. The number of rotatable bonds is 4. The number of hydrogen-bond acceptors (Lipinski definition) is 2. The molecule has 1 saturated heterocycles. The first kappa shape index (κ1) is 17.8. The van der Waals surface area contributed by atoms with Crippen molar-refractivity contribution in [2.45, 2.75) is 39.7 Å². The predicted octanol–water partition coefficient (Wildman–Crippen LogP) is 3.35. The van der Waals surface area contributed by atoms with Gasteiger partial charge in [0.2, 0.25) is 5.91 Å². The number of amides is 2. The second kappa shape index (κ2) is 7.82. The highest BCUT2D eigenvalue weighted by Crippen LogP contribution is 2.18. The first-order valence-electron chi connectivity index (χ1n) is 8.23. The average Bonchev–Trinajstić information content (AvgIpc) is 2.53. The lowest BCUT2D eigenvalue weighted by molar-refractivity contribution is -0.135. The number of carbonyl (C=O) groups is 2. The van der Waals surface area contributed by atoms with E-state index in [4.69, 9.17) is 11.6 Å². The van der Waals surface area contributed by atoms with Crippen LogP contribution in [0.3, 0.4) is 0 Å². The van der Waals surface area contributed by atoms with Gasteiger partial charge in [-0.15, -0.1) is 0 Å². The van der Waals surface area contributed by atoms with E-state index in [1.54, 1.807) is 24.3 Å². The number of likely N-dealkylation sites (tertiary alicyclic amines) is 1. The van der Waals surface area contributed by atoms with E-state index in [-0.39, 0.29) is 17.7 Å². The number of piperidine rings is 1. The Labute approximate surface area is 143 Å². The molecule has 5 heteroatoms. The molecule has 1 heterocycles. The summed E-state index contributed by atoms with van der Waals surface area (Å²) in [5.74, 6) is 0.492. The molecule has 1 aromatic rings. The van der Waals surface area contributed by atoms with Crippen molar-refractivity contribution in [3.8, 4) is 0 Å². The van der Waals surface area contributed by atoms with Crippen LogP contribution in [0, 0.1) is 11.8 Å². The van der Waals surface area contributed by atoms with Crippen molar-refractivity contribution in [1.29, 1.82) is 0 Å². The quantitative estimate of drug-likeness (QED) is 0.916. The molecule has 0 aliphatic carbocycles. The molecule has 4 nitrogen and oxygen atoms in total. The minimum atomic E-state index is -0.494. The summed E-state index contributed by atoms with van der Waals surface area (Å²) in [7, 11) is 0. The third-order valence-corrected chi connectivity index (χ3v) is 4.67. The normalized spacial score (nSPS) is 17.2. The fourth-order valence-electron chi connectivity index (χ4n) is 2.77. The molecule has 0 saturated carbocycles. The predicted molar refractivity (Wildman–Crippen MR) is 92.5 cm³/mol. The van der Waals surface area contributed by atoms with E-state index in [1.165, 1.54) is 0 Å². The molecule has 0 bridgehead atoms. The van der Waals surface area contributed by atoms with Crippen LogP contribution in [0.5, 0.6) is 0 Å². The molecule has 0 spiro atoms. The monoisotopic (exact) mass is 336 g/mol. The largest absolute Gasteiger partial charge is 0.341 e.